The predicted molar refractivity (Wildman–Crippen MR) is 104 cm³/mol. The van der Waals surface area contributed by atoms with Gasteiger partial charge in [-0.2, -0.15) is 0 Å². The molecule has 0 radical (unpaired) electrons. The van der Waals surface area contributed by atoms with E-state index in [1.54, 1.807) is 0 Å². The number of unbranched alkanes of at least 4 members (excludes halogenated alkanes) is 12. The lowest BCUT2D eigenvalue weighted by atomic mass is 10.1. The largest absolute Gasteiger partial charge is 1.00 e. The van der Waals surface area contributed by atoms with E-state index >= 15 is 0 Å². The van der Waals surface area contributed by atoms with Gasteiger partial charge in [0.1, 0.15) is 6.54 Å². The monoisotopic (exact) mass is 407 g/mol. The van der Waals surface area contributed by atoms with Crippen LogP contribution >= 0.6 is 0 Å². The number of quaternary nitrogens is 1. The van der Waals surface area contributed by atoms with Crippen molar-refractivity contribution in [3.63, 3.8) is 0 Å². The van der Waals surface area contributed by atoms with Crippen LogP contribution < -0.4 is 17.0 Å². The van der Waals surface area contributed by atoms with Crippen molar-refractivity contribution in [1.29, 1.82) is 0 Å². The minimum Gasteiger partial charge on any atom is -1.00 e. The highest BCUT2D eigenvalue weighted by Gasteiger charge is 2.19. The summed E-state index contributed by atoms with van der Waals surface area (Å²) in [6, 6.07) is 0. The maximum atomic E-state index is 9.39. The highest BCUT2D eigenvalue weighted by Crippen LogP contribution is 2.14. The summed E-state index contributed by atoms with van der Waals surface area (Å²) < 4.78 is 1.08. The van der Waals surface area contributed by atoms with Crippen LogP contribution in [0, 0.1) is 0 Å². The summed E-state index contributed by atoms with van der Waals surface area (Å²) in [5, 5.41) is 9.39. The Morgan fingerprint density at radius 1 is 0.542 bits per heavy atom. The van der Waals surface area contributed by atoms with E-state index < -0.39 is 0 Å². The Balaban J connectivity index is 0. The molecule has 24 heavy (non-hydrogen) atoms. The molecule has 0 aromatic rings. The number of hydrogen-bond acceptors (Lipinski definition) is 1. The summed E-state index contributed by atoms with van der Waals surface area (Å²) in [5.74, 6) is 0. The summed E-state index contributed by atoms with van der Waals surface area (Å²) in [6.45, 7) is 8.34. The molecule has 0 fully saturated rings. The lowest BCUT2D eigenvalue weighted by molar-refractivity contribution is -0.910. The van der Waals surface area contributed by atoms with Crippen molar-refractivity contribution in [1.82, 2.24) is 0 Å². The lowest BCUT2D eigenvalue weighted by Crippen LogP contribution is -3.00. The average molecular weight is 409 g/mol. The van der Waals surface area contributed by atoms with Crippen LogP contribution in [0.2, 0.25) is 0 Å². The smallest absolute Gasteiger partial charge is 0.102 e. The molecule has 0 bridgehead atoms. The zero-order chi connectivity index (χ0) is 17.2. The molecule has 0 aromatic carbocycles. The number of aliphatic hydroxyl groups excluding tert-OH is 1. The highest BCUT2D eigenvalue weighted by atomic mass is 79.9. The van der Waals surface area contributed by atoms with Crippen molar-refractivity contribution in [2.75, 3.05) is 33.3 Å². The van der Waals surface area contributed by atoms with Gasteiger partial charge in [-0.3, -0.25) is 0 Å². The maximum absolute atomic E-state index is 9.39. The third kappa shape index (κ3) is 17.2. The van der Waals surface area contributed by atoms with E-state index in [4.69, 9.17) is 0 Å². The molecule has 0 aromatic heterocycles. The van der Waals surface area contributed by atoms with Gasteiger partial charge >= 0.3 is 0 Å². The Morgan fingerprint density at radius 2 is 0.875 bits per heavy atom. The fourth-order valence-corrected chi connectivity index (χ4v) is 3.48. The molecule has 0 heterocycles. The number of likely N-dealkylation sites (N-methyl/N-ethyl adjacent to an activating group) is 1. The molecule has 2 nitrogen and oxygen atoms in total. The van der Waals surface area contributed by atoms with Gasteiger partial charge in [-0.25, -0.2) is 0 Å². The number of nitrogens with zero attached hydrogens (tertiary/aromatic N) is 1. The van der Waals surface area contributed by atoms with Crippen LogP contribution in [-0.2, 0) is 0 Å². The van der Waals surface area contributed by atoms with Gasteiger partial charge in [-0.15, -0.1) is 0 Å². The quantitative estimate of drug-likeness (QED) is 0.273. The molecule has 0 unspecified atom stereocenters. The van der Waals surface area contributed by atoms with Gasteiger partial charge in [0.05, 0.1) is 26.7 Å². The lowest BCUT2D eigenvalue weighted by Gasteiger charge is -2.34. The van der Waals surface area contributed by atoms with Gasteiger partial charge in [0.25, 0.3) is 0 Å². The average Bonchev–Trinajstić information content (AvgIpc) is 2.53. The molecule has 1 N–H and O–H groups in total. The van der Waals surface area contributed by atoms with Gasteiger partial charge in [0.15, 0.2) is 0 Å². The summed E-state index contributed by atoms with van der Waals surface area (Å²) in [7, 11) is 2.35. The van der Waals surface area contributed by atoms with Crippen molar-refractivity contribution in [2.45, 2.75) is 104 Å². The SMILES string of the molecule is CCCCCCCCC[N+](C)(CCO)CCCCCCCCC.[Br-]. The summed E-state index contributed by atoms with van der Waals surface area (Å²) in [4.78, 5) is 0. The van der Waals surface area contributed by atoms with E-state index in [0.29, 0.717) is 6.61 Å². The fraction of sp³-hybridized carbons (Fsp3) is 1.00. The van der Waals surface area contributed by atoms with E-state index in [1.807, 2.05) is 0 Å². The van der Waals surface area contributed by atoms with Crippen molar-refractivity contribution < 1.29 is 26.6 Å². The van der Waals surface area contributed by atoms with Crippen molar-refractivity contribution in [2.24, 2.45) is 0 Å². The first-order chi connectivity index (χ1) is 11.2. The maximum Gasteiger partial charge on any atom is 0.102 e. The predicted octanol–water partition coefficient (Wildman–Crippen LogP) is 2.93. The first-order valence-corrected chi connectivity index (χ1v) is 10.6. The minimum atomic E-state index is 0. The molecule has 0 spiro atoms. The molecule has 0 amide bonds. The fourth-order valence-electron chi connectivity index (χ4n) is 3.48. The van der Waals surface area contributed by atoms with Gasteiger partial charge < -0.3 is 26.6 Å². The number of aliphatic hydroxyl groups is 1. The Labute approximate surface area is 163 Å². The van der Waals surface area contributed by atoms with E-state index in [1.165, 1.54) is 103 Å². The van der Waals surface area contributed by atoms with E-state index in [9.17, 15) is 5.11 Å². The Kier molecular flexibility index (Phi) is 21.9. The topological polar surface area (TPSA) is 20.2 Å². The third-order valence-electron chi connectivity index (χ3n) is 5.24. The molecular weight excluding hydrogens is 362 g/mol. The second kappa shape index (κ2) is 19.7. The molecule has 0 aliphatic heterocycles. The van der Waals surface area contributed by atoms with Crippen LogP contribution in [0.4, 0.5) is 0 Å². The van der Waals surface area contributed by atoms with Gasteiger partial charge in [-0.1, -0.05) is 78.1 Å². The molecule has 0 rings (SSSR count). The van der Waals surface area contributed by atoms with E-state index in [0.717, 1.165) is 11.0 Å². The second-order valence-electron chi connectivity index (χ2n) is 7.76. The van der Waals surface area contributed by atoms with Crippen molar-refractivity contribution in [3.8, 4) is 0 Å². The van der Waals surface area contributed by atoms with Gasteiger partial charge in [-0.05, 0) is 25.7 Å². The molecule has 3 heteroatoms. The Bertz CT molecular complexity index is 218. The van der Waals surface area contributed by atoms with Crippen LogP contribution in [0.1, 0.15) is 104 Å². The Hall–Kier alpha value is 0.400. The molecular formula is C21H46BrNO. The van der Waals surface area contributed by atoms with Crippen molar-refractivity contribution in [3.05, 3.63) is 0 Å². The van der Waals surface area contributed by atoms with Crippen LogP contribution in [0.25, 0.3) is 0 Å². The second-order valence-corrected chi connectivity index (χ2v) is 7.76. The minimum absolute atomic E-state index is 0. The summed E-state index contributed by atoms with van der Waals surface area (Å²) in [6.07, 6.45) is 19.3. The summed E-state index contributed by atoms with van der Waals surface area (Å²) in [5.41, 5.74) is 0. The van der Waals surface area contributed by atoms with Gasteiger partial charge in [0, 0.05) is 0 Å². The number of halogens is 1. The molecule has 0 aliphatic rings. The standard InChI is InChI=1S/C21H46NO.BrH/c1-4-6-8-10-12-14-16-18-22(3,20-21-23)19-17-15-13-11-9-7-5-2;/h23H,4-21H2,1-3H3;1H/q+1;/p-1. The van der Waals surface area contributed by atoms with Crippen LogP contribution in [0.15, 0.2) is 0 Å². The van der Waals surface area contributed by atoms with E-state index in [-0.39, 0.29) is 17.0 Å². The zero-order valence-corrected chi connectivity index (χ0v) is 18.6. The molecule has 148 valence electrons. The molecule has 0 saturated carbocycles. The molecule has 0 atom stereocenters. The molecule has 0 saturated heterocycles. The van der Waals surface area contributed by atoms with Crippen LogP contribution in [-0.4, -0.2) is 42.9 Å². The van der Waals surface area contributed by atoms with E-state index in [2.05, 4.69) is 20.9 Å². The third-order valence-corrected chi connectivity index (χ3v) is 5.24. The van der Waals surface area contributed by atoms with Crippen LogP contribution in [0.5, 0.6) is 0 Å². The first-order valence-electron chi connectivity index (χ1n) is 10.6. The number of hydrogen-bond donors (Lipinski definition) is 1. The highest BCUT2D eigenvalue weighted by molar-refractivity contribution is 4.49. The van der Waals surface area contributed by atoms with Gasteiger partial charge in [0.2, 0.25) is 0 Å². The number of rotatable bonds is 18. The Morgan fingerprint density at radius 3 is 1.21 bits per heavy atom. The van der Waals surface area contributed by atoms with Crippen LogP contribution in [0.3, 0.4) is 0 Å². The molecule has 0 aliphatic carbocycles. The zero-order valence-electron chi connectivity index (χ0n) is 17.0. The normalized spacial score (nSPS) is 11.5. The summed E-state index contributed by atoms with van der Waals surface area (Å²) >= 11 is 0. The first kappa shape index (κ1) is 26.6. The van der Waals surface area contributed by atoms with Crippen molar-refractivity contribution >= 4 is 0 Å².